The van der Waals surface area contributed by atoms with Crippen LogP contribution in [0, 0.1) is 17.6 Å². The van der Waals surface area contributed by atoms with E-state index in [1.165, 1.54) is 24.3 Å². The zero-order valence-corrected chi connectivity index (χ0v) is 18.5. The first-order valence-corrected chi connectivity index (χ1v) is 10.3. The average Bonchev–Trinajstić information content (AvgIpc) is 3.22. The lowest BCUT2D eigenvalue weighted by molar-refractivity contribution is -0.275. The van der Waals surface area contributed by atoms with Gasteiger partial charge in [0.15, 0.2) is 23.3 Å². The highest BCUT2D eigenvalue weighted by atomic mass is 19.4. The topological polar surface area (TPSA) is 82.1 Å². The van der Waals surface area contributed by atoms with Crippen molar-refractivity contribution in [1.29, 1.82) is 0 Å². The smallest absolute Gasteiger partial charge is 0.417 e. The Morgan fingerprint density at radius 1 is 1.06 bits per heavy atom. The summed E-state index contributed by atoms with van der Waals surface area (Å²) in [4.78, 5) is 43.1. The summed E-state index contributed by atoms with van der Waals surface area (Å²) in [6, 6.07) is 7.22. The van der Waals surface area contributed by atoms with E-state index >= 15 is 0 Å². The van der Waals surface area contributed by atoms with E-state index in [1.807, 2.05) is 0 Å². The molecule has 0 unspecified atom stereocenters. The second-order valence-electron chi connectivity index (χ2n) is 8.30. The van der Waals surface area contributed by atoms with Gasteiger partial charge >= 0.3 is 12.1 Å². The maximum atomic E-state index is 14.4. The van der Waals surface area contributed by atoms with Crippen molar-refractivity contribution in [3.05, 3.63) is 64.7 Å². The first kappa shape index (κ1) is 24.6. The fourth-order valence-corrected chi connectivity index (χ4v) is 4.41. The second kappa shape index (κ2) is 8.29. The largest absolute Gasteiger partial charge is 0.493 e. The lowest BCUT2D eigenvalue weighted by atomic mass is 9.77. The number of carbonyl (C=O) groups excluding carboxylic acids is 3. The molecule has 1 fully saturated rings. The van der Waals surface area contributed by atoms with E-state index in [0.29, 0.717) is 13.0 Å². The minimum atomic E-state index is -4.99. The molecule has 0 spiro atoms. The van der Waals surface area contributed by atoms with Crippen LogP contribution in [0.1, 0.15) is 46.0 Å². The molecule has 0 N–H and O–H groups in total. The predicted octanol–water partition coefficient (Wildman–Crippen LogP) is 4.17. The number of imide groups is 1. The summed E-state index contributed by atoms with van der Waals surface area (Å²) in [5.74, 6) is -10.1. The minimum Gasteiger partial charge on any atom is -0.493 e. The van der Waals surface area contributed by atoms with Crippen molar-refractivity contribution in [2.75, 3.05) is 7.11 Å². The van der Waals surface area contributed by atoms with Crippen molar-refractivity contribution in [3.63, 3.8) is 0 Å². The molecule has 2 heterocycles. The van der Waals surface area contributed by atoms with E-state index in [1.54, 1.807) is 0 Å². The molecule has 2 aliphatic heterocycles. The van der Waals surface area contributed by atoms with Gasteiger partial charge in [-0.3, -0.25) is 9.59 Å². The number of ether oxygens (including phenoxy) is 2. The van der Waals surface area contributed by atoms with E-state index in [4.69, 9.17) is 14.3 Å². The van der Waals surface area contributed by atoms with Crippen molar-refractivity contribution < 1.29 is 50.6 Å². The van der Waals surface area contributed by atoms with Crippen LogP contribution in [0.5, 0.6) is 5.75 Å². The summed E-state index contributed by atoms with van der Waals surface area (Å²) < 4.78 is 80.2. The van der Waals surface area contributed by atoms with Crippen LogP contribution >= 0.6 is 0 Å². The molecule has 2 aromatic carbocycles. The highest BCUT2D eigenvalue weighted by molar-refractivity contribution is 6.20. The van der Waals surface area contributed by atoms with Gasteiger partial charge in [-0.25, -0.2) is 9.18 Å². The van der Waals surface area contributed by atoms with Crippen LogP contribution in [-0.4, -0.2) is 47.8 Å². The molecule has 2 aromatic rings. The van der Waals surface area contributed by atoms with Gasteiger partial charge in [-0.1, -0.05) is 30.2 Å². The van der Waals surface area contributed by atoms with Crippen LogP contribution in [0.25, 0.3) is 0 Å². The number of carbonyl (C=O) groups is 3. The van der Waals surface area contributed by atoms with Crippen molar-refractivity contribution in [1.82, 2.24) is 5.06 Å². The lowest BCUT2D eigenvalue weighted by Crippen LogP contribution is -2.47. The van der Waals surface area contributed by atoms with E-state index in [-0.39, 0.29) is 21.8 Å². The number of nitrogens with zero attached hydrogens (tertiary/aromatic N) is 1. The summed E-state index contributed by atoms with van der Waals surface area (Å²) in [5, 5.41) is 0.129. The van der Waals surface area contributed by atoms with Gasteiger partial charge in [0.1, 0.15) is 0 Å². The fourth-order valence-electron chi connectivity index (χ4n) is 4.41. The number of hydroxylamine groups is 2. The predicted molar refractivity (Wildman–Crippen MR) is 107 cm³/mol. The number of hydrogen-bond acceptors (Lipinski definition) is 6. The van der Waals surface area contributed by atoms with Gasteiger partial charge in [-0.05, 0) is 25.1 Å². The van der Waals surface area contributed by atoms with Crippen LogP contribution in [0.3, 0.4) is 0 Å². The zero-order valence-electron chi connectivity index (χ0n) is 18.5. The SMILES string of the molecule is COc1c([C@H]2[C@H](C(=O)ON3C(=O)c4ccccc4C3=O)O[C@@](C)(C(F)(F)F)[C@H]2C)ccc(F)c1F. The first-order chi connectivity index (χ1) is 16.3. The molecule has 0 radical (unpaired) electrons. The Labute approximate surface area is 195 Å². The Morgan fingerprint density at radius 2 is 1.63 bits per heavy atom. The third kappa shape index (κ3) is 3.63. The van der Waals surface area contributed by atoms with Crippen LogP contribution in [0.15, 0.2) is 36.4 Å². The molecule has 1 saturated heterocycles. The van der Waals surface area contributed by atoms with Gasteiger partial charge in [0.05, 0.1) is 18.2 Å². The van der Waals surface area contributed by atoms with Gasteiger partial charge in [-0.15, -0.1) is 0 Å². The molecule has 35 heavy (non-hydrogen) atoms. The number of rotatable bonds is 4. The van der Waals surface area contributed by atoms with Crippen molar-refractivity contribution in [2.24, 2.45) is 5.92 Å². The van der Waals surface area contributed by atoms with E-state index in [2.05, 4.69) is 0 Å². The Hall–Kier alpha value is -3.54. The first-order valence-electron chi connectivity index (χ1n) is 10.3. The highest BCUT2D eigenvalue weighted by Crippen LogP contribution is 2.55. The highest BCUT2D eigenvalue weighted by Gasteiger charge is 2.66. The summed E-state index contributed by atoms with van der Waals surface area (Å²) in [7, 11) is 0.983. The third-order valence-electron chi connectivity index (χ3n) is 6.48. The van der Waals surface area contributed by atoms with Crippen LogP contribution in [-0.2, 0) is 14.4 Å². The second-order valence-corrected chi connectivity index (χ2v) is 8.30. The molecule has 2 amide bonds. The Bertz CT molecular complexity index is 1200. The molecule has 0 aliphatic carbocycles. The van der Waals surface area contributed by atoms with Gasteiger partial charge < -0.3 is 14.3 Å². The fraction of sp³-hybridized carbons (Fsp3) is 0.348. The minimum absolute atomic E-state index is 0.0648. The Morgan fingerprint density at radius 3 is 2.14 bits per heavy atom. The summed E-state index contributed by atoms with van der Waals surface area (Å²) in [6.45, 7) is 1.82. The molecular formula is C23H18F5NO6. The average molecular weight is 499 g/mol. The van der Waals surface area contributed by atoms with Gasteiger partial charge in [0.2, 0.25) is 5.82 Å². The van der Waals surface area contributed by atoms with Crippen LogP contribution in [0.2, 0.25) is 0 Å². The number of fused-ring (bicyclic) bond motifs is 1. The molecule has 4 rings (SSSR count). The number of amides is 2. The van der Waals surface area contributed by atoms with E-state index in [9.17, 15) is 36.3 Å². The van der Waals surface area contributed by atoms with Gasteiger partial charge in [0.25, 0.3) is 11.8 Å². The standard InChI is InChI=1S/C23H18F5NO6/c1-10-15(13-8-9-14(24)16(25)17(13)33-3)18(34-22(10,2)23(26,27)28)21(32)35-29-19(30)11-6-4-5-7-12(11)20(29)31/h4-10,15,18H,1-3H3/t10-,15-,18+,22+/m0/s1. The number of benzene rings is 2. The van der Waals surface area contributed by atoms with Gasteiger partial charge in [-0.2, -0.15) is 17.6 Å². The molecular weight excluding hydrogens is 481 g/mol. The number of hydrogen-bond donors (Lipinski definition) is 0. The molecule has 0 saturated carbocycles. The zero-order chi connectivity index (χ0) is 25.9. The normalized spacial score (nSPS) is 26.2. The molecule has 4 atom stereocenters. The van der Waals surface area contributed by atoms with Crippen molar-refractivity contribution in [3.8, 4) is 5.75 Å². The van der Waals surface area contributed by atoms with Crippen molar-refractivity contribution >= 4 is 17.8 Å². The van der Waals surface area contributed by atoms with E-state index in [0.717, 1.165) is 20.1 Å². The maximum absolute atomic E-state index is 14.4. The third-order valence-corrected chi connectivity index (χ3v) is 6.48. The summed E-state index contributed by atoms with van der Waals surface area (Å²) in [5.41, 5.74) is -3.33. The Balaban J connectivity index is 1.75. The maximum Gasteiger partial charge on any atom is 0.417 e. The van der Waals surface area contributed by atoms with Crippen molar-refractivity contribution in [2.45, 2.75) is 37.6 Å². The lowest BCUT2D eigenvalue weighted by Gasteiger charge is -2.31. The number of halogens is 5. The molecule has 0 bridgehead atoms. The quantitative estimate of drug-likeness (QED) is 0.464. The molecule has 0 aromatic heterocycles. The van der Waals surface area contributed by atoms with Crippen LogP contribution < -0.4 is 4.74 Å². The Kier molecular flexibility index (Phi) is 5.82. The molecule has 12 heteroatoms. The number of alkyl halides is 3. The van der Waals surface area contributed by atoms with Gasteiger partial charge in [0, 0.05) is 17.4 Å². The number of methoxy groups -OCH3 is 1. The molecule has 186 valence electrons. The summed E-state index contributed by atoms with van der Waals surface area (Å²) >= 11 is 0. The van der Waals surface area contributed by atoms with Crippen LogP contribution in [0.4, 0.5) is 22.0 Å². The summed E-state index contributed by atoms with van der Waals surface area (Å²) in [6.07, 6.45) is -7.04. The van der Waals surface area contributed by atoms with E-state index < -0.39 is 64.9 Å². The molecule has 7 nitrogen and oxygen atoms in total. The monoisotopic (exact) mass is 499 g/mol. The molecule has 2 aliphatic rings.